The molecule has 1 amide bonds. The second-order valence-corrected chi connectivity index (χ2v) is 6.62. The number of rotatable bonds is 6. The van der Waals surface area contributed by atoms with Crippen molar-refractivity contribution in [1.82, 2.24) is 5.32 Å². The van der Waals surface area contributed by atoms with E-state index < -0.39 is 16.9 Å². The maximum absolute atomic E-state index is 11.7. The standard InChI is InChI=1S/C16H20N2O5/c1-16(2)9-10-4-3-5-13(14(10)23-16)22-7-6-17-15(19)11-8-12(11)18(20)21/h3-5,11-12H,6-9H2,1-2H3,(H,17,19). The molecule has 0 aromatic heterocycles. The van der Waals surface area contributed by atoms with E-state index in [0.29, 0.717) is 25.3 Å². The molecule has 1 fully saturated rings. The van der Waals surface area contributed by atoms with Crippen LogP contribution in [0.5, 0.6) is 11.5 Å². The fraction of sp³-hybridized carbons (Fsp3) is 0.562. The fourth-order valence-electron chi connectivity index (χ4n) is 2.86. The Morgan fingerprint density at radius 3 is 3.00 bits per heavy atom. The van der Waals surface area contributed by atoms with Gasteiger partial charge in [-0.25, -0.2) is 0 Å². The van der Waals surface area contributed by atoms with Crippen LogP contribution in [0, 0.1) is 16.0 Å². The van der Waals surface area contributed by atoms with Crippen LogP contribution in [0.2, 0.25) is 0 Å². The molecular weight excluding hydrogens is 300 g/mol. The molecule has 1 saturated carbocycles. The molecule has 2 unspecified atom stereocenters. The van der Waals surface area contributed by atoms with Crippen LogP contribution in [-0.4, -0.2) is 35.6 Å². The SMILES string of the molecule is CC1(C)Cc2cccc(OCCNC(=O)C3CC3[N+](=O)[O-])c2O1. The first-order valence-electron chi connectivity index (χ1n) is 7.72. The number of para-hydroxylation sites is 1. The first-order chi connectivity index (χ1) is 10.9. The molecule has 1 aliphatic carbocycles. The summed E-state index contributed by atoms with van der Waals surface area (Å²) >= 11 is 0. The third kappa shape index (κ3) is 3.38. The maximum atomic E-state index is 11.7. The molecule has 3 rings (SSSR count). The number of amides is 1. The molecule has 0 spiro atoms. The van der Waals surface area contributed by atoms with Gasteiger partial charge in [0.2, 0.25) is 11.9 Å². The Bertz CT molecular complexity index is 643. The van der Waals surface area contributed by atoms with Crippen molar-refractivity contribution >= 4 is 5.91 Å². The molecule has 23 heavy (non-hydrogen) atoms. The predicted octanol–water partition coefficient (Wildman–Crippen LogP) is 1.56. The Morgan fingerprint density at radius 1 is 1.52 bits per heavy atom. The zero-order valence-corrected chi connectivity index (χ0v) is 13.2. The van der Waals surface area contributed by atoms with Gasteiger partial charge < -0.3 is 14.8 Å². The smallest absolute Gasteiger partial charge is 0.230 e. The zero-order chi connectivity index (χ0) is 16.6. The number of carbonyl (C=O) groups excluding carboxylic acids is 1. The second-order valence-electron chi connectivity index (χ2n) is 6.62. The first-order valence-corrected chi connectivity index (χ1v) is 7.72. The zero-order valence-electron chi connectivity index (χ0n) is 13.2. The van der Waals surface area contributed by atoms with Crippen molar-refractivity contribution in [1.29, 1.82) is 0 Å². The predicted molar refractivity (Wildman–Crippen MR) is 82.2 cm³/mol. The van der Waals surface area contributed by atoms with Gasteiger partial charge in [0.15, 0.2) is 11.5 Å². The molecule has 1 heterocycles. The van der Waals surface area contributed by atoms with Gasteiger partial charge in [-0.15, -0.1) is 0 Å². The number of ether oxygens (including phenoxy) is 2. The van der Waals surface area contributed by atoms with E-state index in [9.17, 15) is 14.9 Å². The molecule has 0 radical (unpaired) electrons. The highest BCUT2D eigenvalue weighted by Gasteiger charge is 2.53. The van der Waals surface area contributed by atoms with Crippen LogP contribution >= 0.6 is 0 Å². The molecule has 7 nitrogen and oxygen atoms in total. The van der Waals surface area contributed by atoms with Crippen LogP contribution in [-0.2, 0) is 11.2 Å². The molecule has 0 saturated heterocycles. The lowest BCUT2D eigenvalue weighted by Crippen LogP contribution is -2.31. The van der Waals surface area contributed by atoms with Gasteiger partial charge in [-0.05, 0) is 19.9 Å². The van der Waals surface area contributed by atoms with E-state index in [2.05, 4.69) is 5.32 Å². The lowest BCUT2D eigenvalue weighted by Gasteiger charge is -2.18. The number of nitrogens with one attached hydrogen (secondary N) is 1. The van der Waals surface area contributed by atoms with Gasteiger partial charge in [0.05, 0.1) is 6.54 Å². The van der Waals surface area contributed by atoms with Crippen LogP contribution < -0.4 is 14.8 Å². The summed E-state index contributed by atoms with van der Waals surface area (Å²) < 4.78 is 11.6. The molecule has 2 atom stereocenters. The molecule has 7 heteroatoms. The van der Waals surface area contributed by atoms with Crippen LogP contribution in [0.15, 0.2) is 18.2 Å². The topological polar surface area (TPSA) is 90.7 Å². The largest absolute Gasteiger partial charge is 0.488 e. The van der Waals surface area contributed by atoms with E-state index in [1.165, 1.54) is 0 Å². The Labute approximate surface area is 134 Å². The Kier molecular flexibility index (Phi) is 3.87. The van der Waals surface area contributed by atoms with Crippen LogP contribution in [0.1, 0.15) is 25.8 Å². The summed E-state index contributed by atoms with van der Waals surface area (Å²) in [7, 11) is 0. The number of fused-ring (bicyclic) bond motifs is 1. The molecule has 1 aromatic carbocycles. The van der Waals surface area contributed by atoms with E-state index in [1.807, 2.05) is 32.0 Å². The minimum atomic E-state index is -0.719. The van der Waals surface area contributed by atoms with E-state index >= 15 is 0 Å². The minimum absolute atomic E-state index is 0.237. The van der Waals surface area contributed by atoms with Crippen molar-refractivity contribution in [3.63, 3.8) is 0 Å². The van der Waals surface area contributed by atoms with Crippen molar-refractivity contribution in [2.24, 2.45) is 5.92 Å². The van der Waals surface area contributed by atoms with Crippen molar-refractivity contribution in [2.75, 3.05) is 13.2 Å². The number of carbonyl (C=O) groups is 1. The van der Waals surface area contributed by atoms with Gasteiger partial charge >= 0.3 is 0 Å². The van der Waals surface area contributed by atoms with E-state index in [4.69, 9.17) is 9.47 Å². The molecule has 0 bridgehead atoms. The highest BCUT2D eigenvalue weighted by molar-refractivity contribution is 5.81. The summed E-state index contributed by atoms with van der Waals surface area (Å²) in [6.07, 6.45) is 1.16. The molecule has 1 aromatic rings. The Hall–Kier alpha value is -2.31. The summed E-state index contributed by atoms with van der Waals surface area (Å²) in [6.45, 7) is 4.66. The van der Waals surface area contributed by atoms with Gasteiger partial charge in [-0.1, -0.05) is 12.1 Å². The van der Waals surface area contributed by atoms with Crippen molar-refractivity contribution in [3.8, 4) is 11.5 Å². The van der Waals surface area contributed by atoms with E-state index in [1.54, 1.807) is 0 Å². The average molecular weight is 320 g/mol. The molecular formula is C16H20N2O5. The average Bonchev–Trinajstić information content (AvgIpc) is 3.20. The summed E-state index contributed by atoms with van der Waals surface area (Å²) in [6, 6.07) is 5.06. The quantitative estimate of drug-likeness (QED) is 0.488. The summed E-state index contributed by atoms with van der Waals surface area (Å²) in [5.41, 5.74) is 0.878. The number of hydrogen-bond donors (Lipinski definition) is 1. The summed E-state index contributed by atoms with van der Waals surface area (Å²) in [5.74, 6) is 0.664. The first kappa shape index (κ1) is 15.6. The number of nitro groups is 1. The molecule has 1 N–H and O–H groups in total. The summed E-state index contributed by atoms with van der Waals surface area (Å²) in [4.78, 5) is 21.9. The van der Waals surface area contributed by atoms with Gasteiger partial charge in [-0.2, -0.15) is 0 Å². The third-order valence-electron chi connectivity index (χ3n) is 4.08. The third-order valence-corrected chi connectivity index (χ3v) is 4.08. The molecule has 2 aliphatic rings. The minimum Gasteiger partial charge on any atom is -0.488 e. The Morgan fingerprint density at radius 2 is 2.30 bits per heavy atom. The van der Waals surface area contributed by atoms with Gasteiger partial charge in [0.25, 0.3) is 0 Å². The lowest BCUT2D eigenvalue weighted by atomic mass is 10.0. The maximum Gasteiger partial charge on any atom is 0.230 e. The van der Waals surface area contributed by atoms with Gasteiger partial charge in [0, 0.05) is 23.3 Å². The highest BCUT2D eigenvalue weighted by Crippen LogP contribution is 2.41. The van der Waals surface area contributed by atoms with Crippen LogP contribution in [0.4, 0.5) is 0 Å². The Balaban J connectivity index is 1.47. The number of nitrogens with zero attached hydrogens (tertiary/aromatic N) is 1. The van der Waals surface area contributed by atoms with Gasteiger partial charge in [-0.3, -0.25) is 14.9 Å². The molecule has 124 valence electrons. The highest BCUT2D eigenvalue weighted by atomic mass is 16.6. The lowest BCUT2D eigenvalue weighted by molar-refractivity contribution is -0.497. The second kappa shape index (κ2) is 5.72. The van der Waals surface area contributed by atoms with Crippen LogP contribution in [0.3, 0.4) is 0 Å². The van der Waals surface area contributed by atoms with Gasteiger partial charge in [0.1, 0.15) is 18.1 Å². The van der Waals surface area contributed by atoms with Crippen molar-refractivity contribution < 1.29 is 19.2 Å². The van der Waals surface area contributed by atoms with Crippen LogP contribution in [0.25, 0.3) is 0 Å². The normalized spacial score (nSPS) is 23.6. The van der Waals surface area contributed by atoms with Crippen molar-refractivity contribution in [2.45, 2.75) is 38.3 Å². The fourth-order valence-corrected chi connectivity index (χ4v) is 2.86. The monoisotopic (exact) mass is 320 g/mol. The number of hydrogen-bond acceptors (Lipinski definition) is 5. The molecule has 1 aliphatic heterocycles. The van der Waals surface area contributed by atoms with E-state index in [-0.39, 0.29) is 11.5 Å². The summed E-state index contributed by atoms with van der Waals surface area (Å²) in [5, 5.41) is 13.2. The van der Waals surface area contributed by atoms with Crippen molar-refractivity contribution in [3.05, 3.63) is 33.9 Å². The number of benzene rings is 1. The van der Waals surface area contributed by atoms with E-state index in [0.717, 1.165) is 17.7 Å².